The normalized spacial score (nSPS) is 14.9. The first-order valence-corrected chi connectivity index (χ1v) is 12.7. The highest BCUT2D eigenvalue weighted by Crippen LogP contribution is 2.34. The van der Waals surface area contributed by atoms with E-state index >= 15 is 0 Å². The number of aromatic nitrogens is 5. The Kier molecular flexibility index (Phi) is 6.78. The second kappa shape index (κ2) is 10.0. The van der Waals surface area contributed by atoms with Crippen molar-refractivity contribution < 1.29 is 13.2 Å². The Morgan fingerprint density at radius 3 is 2.42 bits per heavy atom. The number of anilines is 1. The summed E-state index contributed by atoms with van der Waals surface area (Å²) in [6.45, 7) is 6.48. The molecule has 1 N–H and O–H groups in total. The summed E-state index contributed by atoms with van der Waals surface area (Å²) in [4.78, 5) is 18.2. The third-order valence-corrected chi connectivity index (χ3v) is 7.23. The number of benzene rings is 1. The molecular weight excluding hydrogens is 491 g/mol. The lowest BCUT2D eigenvalue weighted by atomic mass is 9.80. The number of nitrogens with one attached hydrogen (secondary N) is 1. The summed E-state index contributed by atoms with van der Waals surface area (Å²) < 4.78 is 41.4. The highest BCUT2D eigenvalue weighted by atomic mass is 19.4. The molecule has 0 radical (unpaired) electrons. The zero-order valence-electron chi connectivity index (χ0n) is 21.4. The Balaban J connectivity index is 1.67. The molecule has 196 valence electrons. The van der Waals surface area contributed by atoms with Crippen molar-refractivity contribution in [2.45, 2.75) is 64.7 Å². The summed E-state index contributed by atoms with van der Waals surface area (Å²) in [5, 5.41) is 13.1. The molecule has 0 spiro atoms. The first-order chi connectivity index (χ1) is 18.1. The van der Waals surface area contributed by atoms with Gasteiger partial charge in [-0.05, 0) is 67.0 Å². The maximum Gasteiger partial charge on any atom is 0.416 e. The molecule has 0 bridgehead atoms. The molecule has 0 aliphatic heterocycles. The van der Waals surface area contributed by atoms with Gasteiger partial charge in [-0.3, -0.25) is 4.98 Å². The number of nitriles is 1. The van der Waals surface area contributed by atoms with Gasteiger partial charge in [0, 0.05) is 18.8 Å². The molecule has 3 aromatic heterocycles. The molecule has 7 nitrogen and oxygen atoms in total. The van der Waals surface area contributed by atoms with Gasteiger partial charge in [0.05, 0.1) is 5.56 Å². The van der Waals surface area contributed by atoms with E-state index in [1.165, 1.54) is 18.6 Å². The van der Waals surface area contributed by atoms with Crippen molar-refractivity contribution in [1.82, 2.24) is 24.5 Å². The molecule has 1 aliphatic carbocycles. The fourth-order valence-corrected chi connectivity index (χ4v) is 4.72. The molecule has 1 aliphatic rings. The molecule has 38 heavy (non-hydrogen) atoms. The second-order valence-electron chi connectivity index (χ2n) is 10.1. The SMILES string of the molecule is CC(C)c1ccnc(-c2nc3nc(C#N)nc(NC(C)C4CCC4)c3n2Cc2ccc(C(F)(F)F)cc2)c1. The summed E-state index contributed by atoms with van der Waals surface area (Å²) in [5.74, 6) is 1.74. The number of fused-ring (bicyclic) bond motifs is 1. The number of halogens is 3. The predicted molar refractivity (Wildman–Crippen MR) is 138 cm³/mol. The van der Waals surface area contributed by atoms with Crippen molar-refractivity contribution in [3.63, 3.8) is 0 Å². The maximum absolute atomic E-state index is 13.2. The number of rotatable bonds is 7. The lowest BCUT2D eigenvalue weighted by Gasteiger charge is -2.32. The van der Waals surface area contributed by atoms with Crippen LogP contribution in [0.3, 0.4) is 0 Å². The van der Waals surface area contributed by atoms with Gasteiger partial charge >= 0.3 is 6.18 Å². The first-order valence-electron chi connectivity index (χ1n) is 12.7. The van der Waals surface area contributed by atoms with E-state index in [1.54, 1.807) is 6.20 Å². The van der Waals surface area contributed by atoms with Gasteiger partial charge in [0.25, 0.3) is 0 Å². The van der Waals surface area contributed by atoms with Gasteiger partial charge in [-0.2, -0.15) is 28.4 Å². The van der Waals surface area contributed by atoms with Crippen LogP contribution in [0.15, 0.2) is 42.6 Å². The predicted octanol–water partition coefficient (Wildman–Crippen LogP) is 6.55. The molecule has 0 saturated heterocycles. The lowest BCUT2D eigenvalue weighted by molar-refractivity contribution is -0.137. The summed E-state index contributed by atoms with van der Waals surface area (Å²) in [5.41, 5.74) is 2.55. The number of hydrogen-bond acceptors (Lipinski definition) is 6. The van der Waals surface area contributed by atoms with E-state index in [1.807, 2.05) is 22.8 Å². The number of hydrogen-bond donors (Lipinski definition) is 1. The van der Waals surface area contributed by atoms with Gasteiger partial charge < -0.3 is 9.88 Å². The lowest BCUT2D eigenvalue weighted by Crippen LogP contribution is -2.31. The van der Waals surface area contributed by atoms with Crippen LogP contribution >= 0.6 is 0 Å². The van der Waals surface area contributed by atoms with Crippen molar-refractivity contribution in [3.05, 3.63) is 65.1 Å². The number of alkyl halides is 3. The van der Waals surface area contributed by atoms with E-state index in [2.05, 4.69) is 41.0 Å². The van der Waals surface area contributed by atoms with Crippen LogP contribution in [0.4, 0.5) is 19.0 Å². The average molecular weight is 520 g/mol. The van der Waals surface area contributed by atoms with Gasteiger partial charge in [-0.25, -0.2) is 4.98 Å². The van der Waals surface area contributed by atoms with Crippen LogP contribution in [0.2, 0.25) is 0 Å². The van der Waals surface area contributed by atoms with Gasteiger partial charge in [-0.1, -0.05) is 32.4 Å². The van der Waals surface area contributed by atoms with Crippen molar-refractivity contribution in [1.29, 1.82) is 5.26 Å². The van der Waals surface area contributed by atoms with Crippen LogP contribution in [0.25, 0.3) is 22.7 Å². The fourth-order valence-electron chi connectivity index (χ4n) is 4.72. The minimum atomic E-state index is -4.41. The standard InChI is InChI=1S/C28H28F3N7/c1-16(2)20-11-12-33-22(13-20)27-37-26-24(38(27)15-18-7-9-21(10-8-18)28(29,30)31)25(35-23(14-32)36-26)34-17(3)19-5-4-6-19/h7-13,16-17,19H,4-6,15H2,1-3H3,(H,34,35,36). The average Bonchev–Trinajstić information content (AvgIpc) is 3.21. The highest BCUT2D eigenvalue weighted by molar-refractivity contribution is 5.87. The van der Waals surface area contributed by atoms with Crippen LogP contribution in [-0.4, -0.2) is 30.5 Å². The van der Waals surface area contributed by atoms with Crippen LogP contribution in [0.5, 0.6) is 0 Å². The minimum absolute atomic E-state index is 0.00423. The van der Waals surface area contributed by atoms with Gasteiger partial charge in [-0.15, -0.1) is 0 Å². The van der Waals surface area contributed by atoms with E-state index < -0.39 is 11.7 Å². The molecule has 3 heterocycles. The summed E-state index contributed by atoms with van der Waals surface area (Å²) in [6.07, 6.45) is 0.734. The Bertz CT molecular complexity index is 1500. The molecule has 4 aromatic rings. The molecule has 1 saturated carbocycles. The molecule has 1 atom stereocenters. The zero-order valence-corrected chi connectivity index (χ0v) is 21.4. The Labute approximate surface area is 218 Å². The Hall–Kier alpha value is -4.00. The fraction of sp³-hybridized carbons (Fsp3) is 0.393. The van der Waals surface area contributed by atoms with Crippen molar-refractivity contribution in [3.8, 4) is 17.6 Å². The third kappa shape index (κ3) is 5.05. The summed E-state index contributed by atoms with van der Waals surface area (Å²) >= 11 is 0. The van der Waals surface area contributed by atoms with Crippen LogP contribution in [0.1, 0.15) is 68.5 Å². The smallest absolute Gasteiger partial charge is 0.365 e. The van der Waals surface area contributed by atoms with Crippen molar-refractivity contribution in [2.75, 3.05) is 5.32 Å². The van der Waals surface area contributed by atoms with E-state index in [0.717, 1.165) is 30.5 Å². The van der Waals surface area contributed by atoms with Crippen LogP contribution in [0, 0.1) is 17.2 Å². The quantitative estimate of drug-likeness (QED) is 0.298. The summed E-state index contributed by atoms with van der Waals surface area (Å²) in [7, 11) is 0. The largest absolute Gasteiger partial charge is 0.416 e. The first kappa shape index (κ1) is 25.6. The topological polar surface area (TPSA) is 92.3 Å². The summed E-state index contributed by atoms with van der Waals surface area (Å²) in [6, 6.07) is 11.1. The van der Waals surface area contributed by atoms with Crippen molar-refractivity contribution >= 4 is 17.0 Å². The van der Waals surface area contributed by atoms with Gasteiger partial charge in [0.1, 0.15) is 17.3 Å². The second-order valence-corrected chi connectivity index (χ2v) is 10.1. The zero-order chi connectivity index (χ0) is 27.0. The number of imidazole rings is 1. The monoisotopic (exact) mass is 519 g/mol. The number of pyridine rings is 1. The van der Waals surface area contributed by atoms with E-state index in [9.17, 15) is 18.4 Å². The molecule has 1 aromatic carbocycles. The van der Waals surface area contributed by atoms with Crippen LogP contribution < -0.4 is 5.32 Å². The van der Waals surface area contributed by atoms with E-state index in [-0.39, 0.29) is 24.3 Å². The highest BCUT2D eigenvalue weighted by Gasteiger charge is 2.30. The molecule has 0 amide bonds. The molecule has 10 heteroatoms. The number of nitrogens with zero attached hydrogens (tertiary/aromatic N) is 6. The molecule has 1 fully saturated rings. The molecule has 5 rings (SSSR count). The molecular formula is C28H28F3N7. The van der Waals surface area contributed by atoms with Gasteiger partial charge in [0.2, 0.25) is 5.82 Å². The van der Waals surface area contributed by atoms with Crippen LogP contribution in [-0.2, 0) is 12.7 Å². The van der Waals surface area contributed by atoms with Crippen molar-refractivity contribution in [2.24, 2.45) is 5.92 Å². The van der Waals surface area contributed by atoms with Gasteiger partial charge in [0.15, 0.2) is 17.3 Å². The maximum atomic E-state index is 13.2. The van der Waals surface area contributed by atoms with E-state index in [4.69, 9.17) is 4.98 Å². The Morgan fingerprint density at radius 2 is 1.82 bits per heavy atom. The minimum Gasteiger partial charge on any atom is -0.365 e. The third-order valence-electron chi connectivity index (χ3n) is 7.23. The molecule has 1 unspecified atom stereocenters. The Morgan fingerprint density at radius 1 is 1.08 bits per heavy atom. The van der Waals surface area contributed by atoms with E-state index in [0.29, 0.717) is 40.0 Å².